The highest BCUT2D eigenvalue weighted by Gasteiger charge is 2.34. The molecule has 2 amide bonds. The standard InChI is InChI=1S/C13H22N2O3/c1-2-14(9-10-5-6-10)13(18)15-7-3-4-11(15)8-12(16)17/h10-11H,2-9H2,1H3,(H,16,17). The summed E-state index contributed by atoms with van der Waals surface area (Å²) >= 11 is 0. The molecule has 5 nitrogen and oxygen atoms in total. The first kappa shape index (κ1) is 13.2. The van der Waals surface area contributed by atoms with Gasteiger partial charge in [-0.05, 0) is 38.5 Å². The molecule has 1 saturated heterocycles. The molecule has 2 rings (SSSR count). The number of carbonyl (C=O) groups is 2. The maximum absolute atomic E-state index is 12.4. The van der Waals surface area contributed by atoms with Gasteiger partial charge in [0.05, 0.1) is 6.42 Å². The largest absolute Gasteiger partial charge is 0.481 e. The van der Waals surface area contributed by atoms with Gasteiger partial charge < -0.3 is 14.9 Å². The fourth-order valence-corrected chi connectivity index (χ4v) is 2.64. The van der Waals surface area contributed by atoms with Crippen LogP contribution < -0.4 is 0 Å². The Morgan fingerprint density at radius 2 is 2.06 bits per heavy atom. The van der Waals surface area contributed by atoms with Crippen LogP contribution in [-0.4, -0.2) is 52.6 Å². The van der Waals surface area contributed by atoms with Crippen LogP contribution in [0.2, 0.25) is 0 Å². The van der Waals surface area contributed by atoms with Gasteiger partial charge in [-0.15, -0.1) is 0 Å². The molecule has 1 atom stereocenters. The number of amides is 2. The Morgan fingerprint density at radius 1 is 1.33 bits per heavy atom. The van der Waals surface area contributed by atoms with E-state index in [2.05, 4.69) is 0 Å². The Morgan fingerprint density at radius 3 is 2.61 bits per heavy atom. The highest BCUT2D eigenvalue weighted by Crippen LogP contribution is 2.30. The highest BCUT2D eigenvalue weighted by atomic mass is 16.4. The molecule has 1 aliphatic heterocycles. The minimum Gasteiger partial charge on any atom is -0.481 e. The number of carboxylic acids is 1. The van der Waals surface area contributed by atoms with E-state index in [0.29, 0.717) is 19.0 Å². The molecule has 0 aromatic rings. The second kappa shape index (κ2) is 5.59. The van der Waals surface area contributed by atoms with E-state index in [1.807, 2.05) is 11.8 Å². The molecule has 5 heteroatoms. The number of rotatable bonds is 5. The molecule has 1 N–H and O–H groups in total. The average molecular weight is 254 g/mol. The van der Waals surface area contributed by atoms with E-state index in [-0.39, 0.29) is 18.5 Å². The number of urea groups is 1. The van der Waals surface area contributed by atoms with Gasteiger partial charge in [0, 0.05) is 25.7 Å². The first-order valence-electron chi connectivity index (χ1n) is 6.89. The van der Waals surface area contributed by atoms with Crippen molar-refractivity contribution in [2.75, 3.05) is 19.6 Å². The van der Waals surface area contributed by atoms with E-state index in [1.54, 1.807) is 4.90 Å². The van der Waals surface area contributed by atoms with E-state index in [0.717, 1.165) is 19.4 Å². The van der Waals surface area contributed by atoms with E-state index >= 15 is 0 Å². The second-order valence-electron chi connectivity index (χ2n) is 5.35. The Balaban J connectivity index is 1.94. The van der Waals surface area contributed by atoms with Crippen LogP contribution in [0.15, 0.2) is 0 Å². The molecule has 2 fully saturated rings. The van der Waals surface area contributed by atoms with Gasteiger partial charge in [-0.2, -0.15) is 0 Å². The summed E-state index contributed by atoms with van der Waals surface area (Å²) in [5, 5.41) is 8.87. The molecule has 102 valence electrons. The third kappa shape index (κ3) is 3.15. The van der Waals surface area contributed by atoms with Crippen molar-refractivity contribution in [3.8, 4) is 0 Å². The topological polar surface area (TPSA) is 60.9 Å². The summed E-state index contributed by atoms with van der Waals surface area (Å²) in [6.07, 6.45) is 4.26. The maximum Gasteiger partial charge on any atom is 0.320 e. The van der Waals surface area contributed by atoms with Gasteiger partial charge in [-0.1, -0.05) is 0 Å². The molecule has 1 saturated carbocycles. The summed E-state index contributed by atoms with van der Waals surface area (Å²) in [4.78, 5) is 26.8. The number of hydrogen-bond acceptors (Lipinski definition) is 2. The highest BCUT2D eigenvalue weighted by molar-refractivity contribution is 5.76. The predicted octanol–water partition coefficient (Wildman–Crippen LogP) is 1.78. The van der Waals surface area contributed by atoms with Crippen LogP contribution >= 0.6 is 0 Å². The molecule has 0 spiro atoms. The van der Waals surface area contributed by atoms with Gasteiger partial charge >= 0.3 is 12.0 Å². The zero-order valence-corrected chi connectivity index (χ0v) is 11.0. The van der Waals surface area contributed by atoms with E-state index < -0.39 is 5.97 Å². The summed E-state index contributed by atoms with van der Waals surface area (Å²) in [7, 11) is 0. The summed E-state index contributed by atoms with van der Waals surface area (Å²) < 4.78 is 0. The molecule has 2 aliphatic rings. The second-order valence-corrected chi connectivity index (χ2v) is 5.35. The molecule has 18 heavy (non-hydrogen) atoms. The number of hydrogen-bond donors (Lipinski definition) is 1. The Kier molecular flexibility index (Phi) is 4.09. The molecule has 1 aliphatic carbocycles. The van der Waals surface area contributed by atoms with Gasteiger partial charge in [0.25, 0.3) is 0 Å². The van der Waals surface area contributed by atoms with Crippen LogP contribution in [-0.2, 0) is 4.79 Å². The van der Waals surface area contributed by atoms with Crippen molar-refractivity contribution in [3.05, 3.63) is 0 Å². The van der Waals surface area contributed by atoms with Crippen LogP contribution in [0.25, 0.3) is 0 Å². The number of likely N-dealkylation sites (tertiary alicyclic amines) is 1. The molecule has 1 heterocycles. The van der Waals surface area contributed by atoms with Crippen molar-refractivity contribution in [3.63, 3.8) is 0 Å². The molecule has 0 radical (unpaired) electrons. The lowest BCUT2D eigenvalue weighted by Crippen LogP contribution is -2.46. The van der Waals surface area contributed by atoms with Gasteiger partial charge in [-0.25, -0.2) is 4.79 Å². The Hall–Kier alpha value is -1.26. The van der Waals surface area contributed by atoms with Gasteiger partial charge in [0.15, 0.2) is 0 Å². The number of aliphatic carboxylic acids is 1. The fraction of sp³-hybridized carbons (Fsp3) is 0.846. The lowest BCUT2D eigenvalue weighted by atomic mass is 10.1. The number of carboxylic acid groups (broad SMARTS) is 1. The first-order chi connectivity index (χ1) is 8.61. The van der Waals surface area contributed by atoms with Crippen molar-refractivity contribution in [1.82, 2.24) is 9.80 Å². The lowest BCUT2D eigenvalue weighted by molar-refractivity contribution is -0.138. The Bertz CT molecular complexity index is 328. The quantitative estimate of drug-likeness (QED) is 0.813. The summed E-state index contributed by atoms with van der Waals surface area (Å²) in [5.41, 5.74) is 0. The van der Waals surface area contributed by atoms with Crippen LogP contribution in [0.4, 0.5) is 4.79 Å². The first-order valence-corrected chi connectivity index (χ1v) is 6.89. The van der Waals surface area contributed by atoms with Crippen molar-refractivity contribution in [2.24, 2.45) is 5.92 Å². The summed E-state index contributed by atoms with van der Waals surface area (Å²) in [6, 6.07) is -0.0728. The van der Waals surface area contributed by atoms with Crippen LogP contribution in [0, 0.1) is 5.92 Å². The minimum absolute atomic E-state index is 0.0353. The smallest absolute Gasteiger partial charge is 0.320 e. The Labute approximate surface area is 108 Å². The maximum atomic E-state index is 12.4. The van der Waals surface area contributed by atoms with Crippen LogP contribution in [0.3, 0.4) is 0 Å². The normalized spacial score (nSPS) is 23.2. The molecule has 0 aromatic heterocycles. The predicted molar refractivity (Wildman–Crippen MR) is 67.3 cm³/mol. The number of nitrogens with zero attached hydrogens (tertiary/aromatic N) is 2. The third-order valence-corrected chi connectivity index (χ3v) is 3.86. The summed E-state index contributed by atoms with van der Waals surface area (Å²) in [5.74, 6) is -0.139. The van der Waals surface area contributed by atoms with Crippen molar-refractivity contribution < 1.29 is 14.7 Å². The van der Waals surface area contributed by atoms with E-state index in [1.165, 1.54) is 12.8 Å². The third-order valence-electron chi connectivity index (χ3n) is 3.86. The van der Waals surface area contributed by atoms with Crippen molar-refractivity contribution >= 4 is 12.0 Å². The molecule has 0 bridgehead atoms. The lowest BCUT2D eigenvalue weighted by Gasteiger charge is -2.30. The number of carbonyl (C=O) groups excluding carboxylic acids is 1. The molecule has 0 aromatic carbocycles. The van der Waals surface area contributed by atoms with Crippen LogP contribution in [0.5, 0.6) is 0 Å². The zero-order chi connectivity index (χ0) is 13.1. The van der Waals surface area contributed by atoms with Gasteiger partial charge in [0.1, 0.15) is 0 Å². The van der Waals surface area contributed by atoms with E-state index in [4.69, 9.17) is 5.11 Å². The average Bonchev–Trinajstić information content (AvgIpc) is 3.03. The summed E-state index contributed by atoms with van der Waals surface area (Å²) in [6.45, 7) is 4.25. The van der Waals surface area contributed by atoms with E-state index in [9.17, 15) is 9.59 Å². The minimum atomic E-state index is -0.815. The van der Waals surface area contributed by atoms with Gasteiger partial charge in [-0.3, -0.25) is 4.79 Å². The monoisotopic (exact) mass is 254 g/mol. The zero-order valence-electron chi connectivity index (χ0n) is 11.0. The molecular formula is C13H22N2O3. The fourth-order valence-electron chi connectivity index (χ4n) is 2.64. The molecule has 1 unspecified atom stereocenters. The SMILES string of the molecule is CCN(CC1CC1)C(=O)N1CCCC1CC(=O)O. The van der Waals surface area contributed by atoms with Crippen LogP contribution in [0.1, 0.15) is 39.0 Å². The van der Waals surface area contributed by atoms with Crippen molar-refractivity contribution in [1.29, 1.82) is 0 Å². The van der Waals surface area contributed by atoms with Crippen molar-refractivity contribution in [2.45, 2.75) is 45.1 Å². The van der Waals surface area contributed by atoms with Gasteiger partial charge in [0.2, 0.25) is 0 Å². The molecular weight excluding hydrogens is 232 g/mol.